The van der Waals surface area contributed by atoms with E-state index in [0.29, 0.717) is 33.7 Å². The number of nitrogens with one attached hydrogen (secondary N) is 1. The molecule has 0 bridgehead atoms. The Hall–Kier alpha value is -3.36. The Kier molecular flexibility index (Phi) is 7.64. The van der Waals surface area contributed by atoms with Gasteiger partial charge in [0.15, 0.2) is 5.78 Å². The first-order valence-corrected chi connectivity index (χ1v) is 10.5. The fourth-order valence-corrected chi connectivity index (χ4v) is 3.34. The maximum absolute atomic E-state index is 12.8. The molecule has 2 aromatic heterocycles. The molecule has 1 N–H and O–H groups in total. The molecule has 0 spiro atoms. The summed E-state index contributed by atoms with van der Waals surface area (Å²) in [5.41, 5.74) is 2.19. The first-order chi connectivity index (χ1) is 15.0. The second-order valence-corrected chi connectivity index (χ2v) is 7.73. The number of amides is 1. The zero-order chi connectivity index (χ0) is 22.2. The SMILES string of the molecule is C/C=C\C(=C/C(C)=O)c1ncccc1C(=O)Nc1nnc(OCc2ccc(Cl)cc2)s1. The van der Waals surface area contributed by atoms with Gasteiger partial charge < -0.3 is 4.74 Å². The Bertz CT molecular complexity index is 1140. The summed E-state index contributed by atoms with van der Waals surface area (Å²) in [7, 11) is 0. The van der Waals surface area contributed by atoms with Gasteiger partial charge in [-0.3, -0.25) is 19.9 Å². The number of allylic oxidation sites excluding steroid dienone is 4. The average Bonchev–Trinajstić information content (AvgIpc) is 3.20. The summed E-state index contributed by atoms with van der Waals surface area (Å²) in [6.07, 6.45) is 6.51. The number of carbonyl (C=O) groups is 2. The number of nitrogens with zero attached hydrogens (tertiary/aromatic N) is 3. The molecule has 0 aliphatic rings. The molecule has 31 heavy (non-hydrogen) atoms. The van der Waals surface area contributed by atoms with Crippen molar-refractivity contribution in [1.29, 1.82) is 0 Å². The number of ketones is 1. The summed E-state index contributed by atoms with van der Waals surface area (Å²) in [6, 6.07) is 10.5. The maximum atomic E-state index is 12.8. The standard InChI is InChI=1S/C22H19ClN4O3S/c1-3-5-16(12-14(2)28)19-18(6-4-11-24-19)20(29)25-21-26-27-22(31-21)30-13-15-7-9-17(23)10-8-15/h3-12H,13H2,1-2H3,(H,25,26,29)/b5-3-,16-12+. The number of pyridine rings is 1. The summed E-state index contributed by atoms with van der Waals surface area (Å²) in [5.74, 6) is -0.556. The topological polar surface area (TPSA) is 94.1 Å². The number of benzene rings is 1. The predicted octanol–water partition coefficient (Wildman–Crippen LogP) is 4.97. The molecule has 0 atom stereocenters. The number of halogens is 1. The highest BCUT2D eigenvalue weighted by molar-refractivity contribution is 7.17. The number of rotatable bonds is 8. The molecule has 0 radical (unpaired) electrons. The minimum Gasteiger partial charge on any atom is -0.464 e. The minimum absolute atomic E-state index is 0.142. The molecule has 3 aromatic rings. The molecule has 7 nitrogen and oxygen atoms in total. The van der Waals surface area contributed by atoms with Crippen molar-refractivity contribution in [3.8, 4) is 5.19 Å². The lowest BCUT2D eigenvalue weighted by Crippen LogP contribution is -2.15. The lowest BCUT2D eigenvalue weighted by Gasteiger charge is -2.08. The van der Waals surface area contributed by atoms with E-state index in [-0.39, 0.29) is 10.9 Å². The Balaban J connectivity index is 1.72. The van der Waals surface area contributed by atoms with Crippen LogP contribution in [0.2, 0.25) is 5.02 Å². The van der Waals surface area contributed by atoms with Crippen LogP contribution in [-0.2, 0) is 11.4 Å². The minimum atomic E-state index is -0.414. The van der Waals surface area contributed by atoms with Crippen LogP contribution in [0.5, 0.6) is 5.19 Å². The molecule has 9 heteroatoms. The fraction of sp³-hybridized carbons (Fsp3) is 0.136. The molecule has 0 aliphatic heterocycles. The van der Waals surface area contributed by atoms with E-state index in [0.717, 1.165) is 16.9 Å². The van der Waals surface area contributed by atoms with E-state index in [1.165, 1.54) is 13.0 Å². The summed E-state index contributed by atoms with van der Waals surface area (Å²) in [6.45, 7) is 3.57. The molecule has 1 aromatic carbocycles. The van der Waals surface area contributed by atoms with Gasteiger partial charge in [0, 0.05) is 16.8 Å². The largest absolute Gasteiger partial charge is 0.464 e. The van der Waals surface area contributed by atoms with Crippen LogP contribution in [0.3, 0.4) is 0 Å². The van der Waals surface area contributed by atoms with Crippen molar-refractivity contribution >= 4 is 45.3 Å². The van der Waals surface area contributed by atoms with Gasteiger partial charge in [0.1, 0.15) is 6.61 Å². The number of carbonyl (C=O) groups excluding carboxylic acids is 2. The summed E-state index contributed by atoms with van der Waals surface area (Å²) < 4.78 is 5.62. The van der Waals surface area contributed by atoms with Gasteiger partial charge in [-0.1, -0.05) is 41.0 Å². The second kappa shape index (κ2) is 10.6. The zero-order valence-corrected chi connectivity index (χ0v) is 18.4. The van der Waals surface area contributed by atoms with Crippen LogP contribution in [0, 0.1) is 0 Å². The highest BCUT2D eigenvalue weighted by Gasteiger charge is 2.17. The zero-order valence-electron chi connectivity index (χ0n) is 16.8. The maximum Gasteiger partial charge on any atom is 0.296 e. The summed E-state index contributed by atoms with van der Waals surface area (Å²) in [4.78, 5) is 28.7. The van der Waals surface area contributed by atoms with Crippen LogP contribution in [0.25, 0.3) is 5.57 Å². The molecule has 0 unspecified atom stereocenters. The summed E-state index contributed by atoms with van der Waals surface area (Å²) >= 11 is 6.98. The normalized spacial score (nSPS) is 11.5. The van der Waals surface area contributed by atoms with E-state index in [9.17, 15) is 9.59 Å². The van der Waals surface area contributed by atoms with Crippen molar-refractivity contribution in [3.63, 3.8) is 0 Å². The second-order valence-electron chi connectivity index (χ2n) is 6.35. The van der Waals surface area contributed by atoms with Gasteiger partial charge in [-0.15, -0.1) is 5.10 Å². The highest BCUT2D eigenvalue weighted by Crippen LogP contribution is 2.25. The molecule has 0 saturated heterocycles. The Morgan fingerprint density at radius 3 is 2.68 bits per heavy atom. The Labute approximate surface area is 188 Å². The van der Waals surface area contributed by atoms with E-state index >= 15 is 0 Å². The molecule has 158 valence electrons. The molecule has 0 aliphatic carbocycles. The van der Waals surface area contributed by atoms with Gasteiger partial charge in [0.2, 0.25) is 5.13 Å². The molecule has 2 heterocycles. The third kappa shape index (κ3) is 6.31. The third-order valence-electron chi connectivity index (χ3n) is 3.93. The lowest BCUT2D eigenvalue weighted by atomic mass is 10.0. The van der Waals surface area contributed by atoms with Crippen LogP contribution in [0.1, 0.15) is 35.5 Å². The quantitative estimate of drug-likeness (QED) is 0.381. The summed E-state index contributed by atoms with van der Waals surface area (Å²) in [5, 5.41) is 11.9. The predicted molar refractivity (Wildman–Crippen MR) is 121 cm³/mol. The van der Waals surface area contributed by atoms with Gasteiger partial charge in [-0.2, -0.15) is 0 Å². The van der Waals surface area contributed by atoms with Crippen molar-refractivity contribution < 1.29 is 14.3 Å². The first-order valence-electron chi connectivity index (χ1n) is 9.28. The van der Waals surface area contributed by atoms with Crippen LogP contribution >= 0.6 is 22.9 Å². The molecule has 1 amide bonds. The average molecular weight is 455 g/mol. The number of aromatic nitrogens is 3. The van der Waals surface area contributed by atoms with Crippen LogP contribution in [-0.4, -0.2) is 26.9 Å². The Morgan fingerprint density at radius 2 is 1.97 bits per heavy atom. The van der Waals surface area contributed by atoms with Gasteiger partial charge >= 0.3 is 0 Å². The smallest absolute Gasteiger partial charge is 0.296 e. The lowest BCUT2D eigenvalue weighted by molar-refractivity contribution is -0.112. The van der Waals surface area contributed by atoms with Crippen molar-refractivity contribution in [2.45, 2.75) is 20.5 Å². The van der Waals surface area contributed by atoms with Gasteiger partial charge in [0.05, 0.1) is 11.3 Å². The molecular weight excluding hydrogens is 436 g/mol. The first kappa shape index (κ1) is 22.3. The number of anilines is 1. The third-order valence-corrected chi connectivity index (χ3v) is 4.94. The van der Waals surface area contributed by atoms with Gasteiger partial charge in [-0.25, -0.2) is 0 Å². The fourth-order valence-electron chi connectivity index (χ4n) is 2.62. The molecule has 0 saturated carbocycles. The van der Waals surface area contributed by atoms with Crippen LogP contribution in [0.15, 0.2) is 60.8 Å². The number of ether oxygens (including phenoxy) is 1. The Morgan fingerprint density at radius 1 is 1.19 bits per heavy atom. The monoisotopic (exact) mass is 454 g/mol. The number of hydrogen-bond acceptors (Lipinski definition) is 7. The van der Waals surface area contributed by atoms with Crippen LogP contribution in [0.4, 0.5) is 5.13 Å². The number of hydrogen-bond donors (Lipinski definition) is 1. The van der Waals surface area contributed by atoms with Crippen molar-refractivity contribution in [1.82, 2.24) is 15.2 Å². The van der Waals surface area contributed by atoms with E-state index in [4.69, 9.17) is 16.3 Å². The van der Waals surface area contributed by atoms with Gasteiger partial charge in [0.25, 0.3) is 11.1 Å². The van der Waals surface area contributed by atoms with Crippen molar-refractivity contribution in [3.05, 3.63) is 82.7 Å². The van der Waals surface area contributed by atoms with Crippen molar-refractivity contribution in [2.24, 2.45) is 0 Å². The molecule has 3 rings (SSSR count). The van der Waals surface area contributed by atoms with Crippen molar-refractivity contribution in [2.75, 3.05) is 5.32 Å². The molecular formula is C22H19ClN4O3S. The van der Waals surface area contributed by atoms with Crippen LogP contribution < -0.4 is 10.1 Å². The van der Waals surface area contributed by atoms with E-state index in [1.54, 1.807) is 42.6 Å². The van der Waals surface area contributed by atoms with E-state index in [1.807, 2.05) is 19.1 Å². The van der Waals surface area contributed by atoms with E-state index < -0.39 is 5.91 Å². The highest BCUT2D eigenvalue weighted by atomic mass is 35.5. The van der Waals surface area contributed by atoms with Gasteiger partial charge in [-0.05, 0) is 61.1 Å². The van der Waals surface area contributed by atoms with E-state index in [2.05, 4.69) is 20.5 Å². The molecule has 0 fully saturated rings.